The number of hydrogen-bond acceptors (Lipinski definition) is 6. The van der Waals surface area contributed by atoms with Gasteiger partial charge in [-0.05, 0) is 29.8 Å². The molecule has 0 saturated carbocycles. The Kier molecular flexibility index (Phi) is 8.19. The van der Waals surface area contributed by atoms with Gasteiger partial charge in [-0.15, -0.1) is 0 Å². The highest BCUT2D eigenvalue weighted by Crippen LogP contribution is 2.28. The molecule has 0 bridgehead atoms. The summed E-state index contributed by atoms with van der Waals surface area (Å²) in [6.45, 7) is 2.53. The van der Waals surface area contributed by atoms with Crippen LogP contribution in [-0.4, -0.2) is 54.1 Å². The predicted octanol–water partition coefficient (Wildman–Crippen LogP) is 4.55. The van der Waals surface area contributed by atoms with Gasteiger partial charge in [-0.25, -0.2) is 9.97 Å². The molecular weight excluding hydrogens is 485 g/mol. The second kappa shape index (κ2) is 11.5. The highest BCUT2D eigenvalue weighted by Gasteiger charge is 2.27. The fraction of sp³-hybridized carbons (Fsp3) is 0.308. The summed E-state index contributed by atoms with van der Waals surface area (Å²) in [5, 5.41) is 10.4. The first kappa shape index (κ1) is 24.9. The zero-order valence-electron chi connectivity index (χ0n) is 19.4. The number of halogens is 2. The van der Waals surface area contributed by atoms with E-state index in [0.29, 0.717) is 60.6 Å². The van der Waals surface area contributed by atoms with Gasteiger partial charge in [0.2, 0.25) is 0 Å². The maximum absolute atomic E-state index is 13.0. The van der Waals surface area contributed by atoms with Crippen molar-refractivity contribution in [1.29, 1.82) is 5.26 Å². The van der Waals surface area contributed by atoms with Crippen molar-refractivity contribution < 1.29 is 9.53 Å². The van der Waals surface area contributed by atoms with Crippen LogP contribution in [0.3, 0.4) is 0 Å². The van der Waals surface area contributed by atoms with Crippen LogP contribution in [0.15, 0.2) is 48.5 Å². The van der Waals surface area contributed by atoms with Crippen LogP contribution in [0.1, 0.15) is 33.0 Å². The molecule has 180 valence electrons. The quantitative estimate of drug-likeness (QED) is 0.464. The SMILES string of the molecule is COCc1nc(CC#N)nc(N2CCN(C(=O)c3ccccc3Cl)CC2)c1Cc1cccc(Cl)c1. The number of carbonyl (C=O) groups is 1. The second-order valence-corrected chi connectivity index (χ2v) is 9.07. The minimum atomic E-state index is -0.0812. The number of nitriles is 1. The lowest BCUT2D eigenvalue weighted by Crippen LogP contribution is -2.49. The lowest BCUT2D eigenvalue weighted by molar-refractivity contribution is 0.0746. The summed E-state index contributed by atoms with van der Waals surface area (Å²) in [6, 6.07) is 16.9. The predicted molar refractivity (Wildman–Crippen MR) is 136 cm³/mol. The summed E-state index contributed by atoms with van der Waals surface area (Å²) in [7, 11) is 1.62. The first-order valence-electron chi connectivity index (χ1n) is 11.3. The Labute approximate surface area is 214 Å². The first-order valence-corrected chi connectivity index (χ1v) is 12.0. The van der Waals surface area contributed by atoms with Crippen LogP contribution in [0.25, 0.3) is 0 Å². The number of benzene rings is 2. The van der Waals surface area contributed by atoms with E-state index in [1.165, 1.54) is 0 Å². The summed E-state index contributed by atoms with van der Waals surface area (Å²) in [5.74, 6) is 1.14. The number of hydrogen-bond donors (Lipinski definition) is 0. The van der Waals surface area contributed by atoms with Crippen molar-refractivity contribution in [2.75, 3.05) is 38.2 Å². The van der Waals surface area contributed by atoms with Crippen molar-refractivity contribution in [2.24, 2.45) is 0 Å². The van der Waals surface area contributed by atoms with E-state index >= 15 is 0 Å². The molecule has 9 heteroatoms. The fourth-order valence-electron chi connectivity index (χ4n) is 4.19. The Balaban J connectivity index is 1.63. The van der Waals surface area contributed by atoms with Crippen molar-refractivity contribution in [1.82, 2.24) is 14.9 Å². The maximum Gasteiger partial charge on any atom is 0.255 e. The van der Waals surface area contributed by atoms with E-state index in [-0.39, 0.29) is 12.3 Å². The number of rotatable bonds is 7. The molecule has 0 spiro atoms. The van der Waals surface area contributed by atoms with Crippen LogP contribution in [0.4, 0.5) is 5.82 Å². The van der Waals surface area contributed by atoms with Gasteiger partial charge in [-0.1, -0.05) is 47.5 Å². The Morgan fingerprint density at radius 3 is 2.54 bits per heavy atom. The molecule has 1 amide bonds. The Bertz CT molecular complexity index is 1250. The third-order valence-electron chi connectivity index (χ3n) is 5.88. The third-order valence-corrected chi connectivity index (χ3v) is 6.44. The van der Waals surface area contributed by atoms with Crippen molar-refractivity contribution in [3.63, 3.8) is 0 Å². The van der Waals surface area contributed by atoms with Gasteiger partial charge in [0.1, 0.15) is 11.6 Å². The van der Waals surface area contributed by atoms with Gasteiger partial charge in [-0.3, -0.25) is 4.79 Å². The maximum atomic E-state index is 13.0. The van der Waals surface area contributed by atoms with E-state index in [2.05, 4.69) is 16.0 Å². The summed E-state index contributed by atoms with van der Waals surface area (Å²) in [6.07, 6.45) is 0.673. The average molecular weight is 510 g/mol. The largest absolute Gasteiger partial charge is 0.378 e. The number of nitrogens with zero attached hydrogens (tertiary/aromatic N) is 5. The highest BCUT2D eigenvalue weighted by atomic mass is 35.5. The van der Waals surface area contributed by atoms with Crippen molar-refractivity contribution in [3.05, 3.63) is 86.8 Å². The molecule has 35 heavy (non-hydrogen) atoms. The molecule has 4 rings (SSSR count). The summed E-state index contributed by atoms with van der Waals surface area (Å²) >= 11 is 12.5. The molecule has 0 unspecified atom stereocenters. The van der Waals surface area contributed by atoms with Crippen molar-refractivity contribution >= 4 is 34.9 Å². The zero-order valence-corrected chi connectivity index (χ0v) is 20.9. The molecule has 0 radical (unpaired) electrons. The minimum Gasteiger partial charge on any atom is -0.378 e. The van der Waals surface area contributed by atoms with Gasteiger partial charge >= 0.3 is 0 Å². The van der Waals surface area contributed by atoms with Gasteiger partial charge < -0.3 is 14.5 Å². The van der Waals surface area contributed by atoms with E-state index < -0.39 is 0 Å². The molecule has 1 fully saturated rings. The molecule has 7 nitrogen and oxygen atoms in total. The number of carbonyl (C=O) groups excluding carboxylic acids is 1. The zero-order chi connectivity index (χ0) is 24.8. The number of amides is 1. The molecule has 1 aliphatic rings. The fourth-order valence-corrected chi connectivity index (χ4v) is 4.62. The van der Waals surface area contributed by atoms with E-state index in [0.717, 1.165) is 22.6 Å². The summed E-state index contributed by atoms with van der Waals surface area (Å²) < 4.78 is 5.43. The molecule has 3 aromatic rings. The van der Waals surface area contributed by atoms with Crippen LogP contribution in [0.2, 0.25) is 10.0 Å². The Morgan fingerprint density at radius 2 is 1.86 bits per heavy atom. The molecule has 0 aliphatic carbocycles. The summed E-state index contributed by atoms with van der Waals surface area (Å²) in [4.78, 5) is 26.4. The molecular formula is C26H25Cl2N5O2. The van der Waals surface area contributed by atoms with Crippen LogP contribution in [-0.2, 0) is 24.2 Å². The number of ether oxygens (including phenoxy) is 1. The summed E-state index contributed by atoms with van der Waals surface area (Å²) in [5.41, 5.74) is 3.21. The van der Waals surface area contributed by atoms with Crippen LogP contribution < -0.4 is 4.90 Å². The monoisotopic (exact) mass is 509 g/mol. The minimum absolute atomic E-state index is 0.0812. The highest BCUT2D eigenvalue weighted by molar-refractivity contribution is 6.33. The van der Waals surface area contributed by atoms with Crippen molar-refractivity contribution in [3.8, 4) is 6.07 Å². The molecule has 0 atom stereocenters. The van der Waals surface area contributed by atoms with E-state index in [9.17, 15) is 10.1 Å². The van der Waals surface area contributed by atoms with Crippen LogP contribution >= 0.6 is 23.2 Å². The van der Waals surface area contributed by atoms with Gasteiger partial charge in [0.25, 0.3) is 5.91 Å². The Hall–Kier alpha value is -3.18. The van der Waals surface area contributed by atoms with E-state index in [1.807, 2.05) is 41.3 Å². The topological polar surface area (TPSA) is 82.3 Å². The van der Waals surface area contributed by atoms with Crippen LogP contribution in [0, 0.1) is 11.3 Å². The standard InChI is InChI=1S/C26H25Cl2N5O2/c1-35-17-23-21(16-18-5-4-6-19(27)15-18)25(31-24(30-23)9-10-29)32-11-13-33(14-12-32)26(34)20-7-2-3-8-22(20)28/h2-8,15H,9,11-14,16-17H2,1H3. The molecule has 1 saturated heterocycles. The molecule has 2 aromatic carbocycles. The third kappa shape index (κ3) is 5.91. The normalized spacial score (nSPS) is 13.5. The lowest BCUT2D eigenvalue weighted by atomic mass is 10.0. The van der Waals surface area contributed by atoms with E-state index in [4.69, 9.17) is 32.9 Å². The lowest BCUT2D eigenvalue weighted by Gasteiger charge is -2.36. The first-order chi connectivity index (χ1) is 17.0. The second-order valence-electron chi connectivity index (χ2n) is 8.22. The molecule has 1 aliphatic heterocycles. The number of methoxy groups -OCH3 is 1. The van der Waals surface area contributed by atoms with Gasteiger partial charge in [0.15, 0.2) is 0 Å². The van der Waals surface area contributed by atoms with Gasteiger partial charge in [0, 0.05) is 50.3 Å². The van der Waals surface area contributed by atoms with Crippen LogP contribution in [0.5, 0.6) is 0 Å². The number of aromatic nitrogens is 2. The number of anilines is 1. The molecule has 2 heterocycles. The average Bonchev–Trinajstić information content (AvgIpc) is 2.86. The number of piperazine rings is 1. The van der Waals surface area contributed by atoms with Gasteiger partial charge in [0.05, 0.1) is 35.4 Å². The Morgan fingerprint density at radius 1 is 1.09 bits per heavy atom. The van der Waals surface area contributed by atoms with Gasteiger partial charge in [-0.2, -0.15) is 5.26 Å². The van der Waals surface area contributed by atoms with Crippen molar-refractivity contribution in [2.45, 2.75) is 19.4 Å². The van der Waals surface area contributed by atoms with E-state index in [1.54, 1.807) is 19.2 Å². The molecule has 1 aromatic heterocycles. The molecule has 0 N–H and O–H groups in total. The smallest absolute Gasteiger partial charge is 0.255 e.